The van der Waals surface area contributed by atoms with Gasteiger partial charge in [0.25, 0.3) is 0 Å². The molecule has 2 aromatic carbocycles. The first kappa shape index (κ1) is 24.3. The number of hydrogen-bond donors (Lipinski definition) is 1. The van der Waals surface area contributed by atoms with Gasteiger partial charge < -0.3 is 19.4 Å². The molecule has 0 saturated carbocycles. The number of aromatic nitrogens is 1. The number of H-pyrrole nitrogens is 1. The number of nitriles is 1. The minimum absolute atomic E-state index is 0.0568. The molecule has 3 aliphatic heterocycles. The van der Waals surface area contributed by atoms with Gasteiger partial charge in [0.05, 0.1) is 36.1 Å². The minimum atomic E-state index is -0.315. The van der Waals surface area contributed by atoms with Crippen LogP contribution in [0.5, 0.6) is 0 Å². The third-order valence-corrected chi connectivity index (χ3v) is 9.83. The van der Waals surface area contributed by atoms with Crippen LogP contribution in [0, 0.1) is 11.3 Å². The van der Waals surface area contributed by atoms with Crippen LogP contribution in [0.15, 0.2) is 34.8 Å². The van der Waals surface area contributed by atoms with E-state index >= 15 is 0 Å². The molecule has 1 aromatic heterocycles. The van der Waals surface area contributed by atoms with E-state index in [0.717, 1.165) is 103 Å². The summed E-state index contributed by atoms with van der Waals surface area (Å²) in [6, 6.07) is 12.8. The lowest BCUT2D eigenvalue weighted by Crippen LogP contribution is -2.49. The van der Waals surface area contributed by atoms with Gasteiger partial charge in [-0.1, -0.05) is 6.07 Å². The second-order valence-electron chi connectivity index (χ2n) is 11.0. The van der Waals surface area contributed by atoms with Crippen molar-refractivity contribution in [2.45, 2.75) is 37.1 Å². The minimum Gasteiger partial charge on any atom is -0.381 e. The normalized spacial score (nSPS) is 21.9. The van der Waals surface area contributed by atoms with Crippen LogP contribution in [0.25, 0.3) is 10.9 Å². The Morgan fingerprint density at radius 2 is 1.74 bits per heavy atom. The number of ether oxygens (including phenoxy) is 2. The molecule has 0 unspecified atom stereocenters. The lowest BCUT2D eigenvalue weighted by Gasteiger charge is -2.43. The maximum absolute atomic E-state index is 14.1. The number of nitrogens with one attached hydrogen (secondary N) is 1. The Labute approximate surface area is 230 Å². The monoisotopic (exact) mass is 574 g/mol. The summed E-state index contributed by atoms with van der Waals surface area (Å²) in [6.45, 7) is 7.04. The van der Waals surface area contributed by atoms with E-state index in [1.54, 1.807) is 6.07 Å². The largest absolute Gasteiger partial charge is 0.381 e. The highest BCUT2D eigenvalue weighted by atomic mass is 79.9. The van der Waals surface area contributed by atoms with Gasteiger partial charge in [0.2, 0.25) is 0 Å². The Hall–Kier alpha value is -2.70. The number of ketones is 1. The highest BCUT2D eigenvalue weighted by Gasteiger charge is 2.47. The van der Waals surface area contributed by atoms with E-state index in [9.17, 15) is 10.1 Å². The number of morpholine rings is 1. The molecule has 1 aliphatic carbocycles. The summed E-state index contributed by atoms with van der Waals surface area (Å²) >= 11 is 3.85. The smallest absolute Gasteiger partial charge is 0.195 e. The Balaban J connectivity index is 1.29. The van der Waals surface area contributed by atoms with Gasteiger partial charge in [-0.2, -0.15) is 5.26 Å². The molecule has 0 radical (unpaired) electrons. The fraction of sp³-hybridized carbons (Fsp3) is 0.467. The van der Waals surface area contributed by atoms with Gasteiger partial charge in [0.15, 0.2) is 5.78 Å². The van der Waals surface area contributed by atoms with E-state index < -0.39 is 0 Å². The number of rotatable bonds is 2. The molecule has 4 heterocycles. The molecular weight excluding hydrogens is 544 g/mol. The average Bonchev–Trinajstić information content (AvgIpc) is 3.37. The number of hydrogen-bond acceptors (Lipinski definition) is 6. The lowest BCUT2D eigenvalue weighted by molar-refractivity contribution is 0.0115. The molecule has 1 spiro atoms. The van der Waals surface area contributed by atoms with Gasteiger partial charge in [-0.05, 0) is 71.4 Å². The van der Waals surface area contributed by atoms with Gasteiger partial charge in [0, 0.05) is 77.5 Å². The third-order valence-electron chi connectivity index (χ3n) is 9.19. The highest BCUT2D eigenvalue weighted by molar-refractivity contribution is 9.10. The first-order valence-electron chi connectivity index (χ1n) is 13.7. The molecule has 7 nitrogen and oxygen atoms in total. The molecule has 196 valence electrons. The summed E-state index contributed by atoms with van der Waals surface area (Å²) in [6.07, 6.45) is 3.90. The van der Waals surface area contributed by atoms with Crippen LogP contribution in [-0.2, 0) is 14.9 Å². The van der Waals surface area contributed by atoms with E-state index in [1.165, 1.54) is 5.69 Å². The molecule has 38 heavy (non-hydrogen) atoms. The fourth-order valence-corrected chi connectivity index (χ4v) is 7.77. The highest BCUT2D eigenvalue weighted by Crippen LogP contribution is 2.51. The summed E-state index contributed by atoms with van der Waals surface area (Å²) < 4.78 is 12.4. The lowest BCUT2D eigenvalue weighted by atomic mass is 9.64. The van der Waals surface area contributed by atoms with Crippen LogP contribution in [0.4, 0.5) is 5.69 Å². The second kappa shape index (κ2) is 9.49. The quantitative estimate of drug-likeness (QED) is 0.476. The number of halogens is 1. The standard InChI is InChI=1S/C30H31BrN4O3/c31-24-16-22-23(17-26(24)35-7-3-20(4-8-35)34-9-13-38-14-10-34)30(5-11-37-12-6-30)29-27(28(22)36)21-2-1-19(18-32)15-25(21)33-29/h1-2,15-17,20,33H,3-14H2. The zero-order valence-corrected chi connectivity index (χ0v) is 23.0. The molecule has 4 aliphatic rings. The van der Waals surface area contributed by atoms with Crippen molar-refractivity contribution in [3.05, 3.63) is 62.8 Å². The number of aromatic amines is 1. The van der Waals surface area contributed by atoms with Crippen molar-refractivity contribution >= 4 is 38.3 Å². The summed E-state index contributed by atoms with van der Waals surface area (Å²) in [5.41, 5.74) is 5.94. The molecular formula is C30H31BrN4O3. The van der Waals surface area contributed by atoms with Crippen molar-refractivity contribution in [3.8, 4) is 6.07 Å². The van der Waals surface area contributed by atoms with Crippen molar-refractivity contribution in [1.29, 1.82) is 5.26 Å². The van der Waals surface area contributed by atoms with Crippen LogP contribution in [0.3, 0.4) is 0 Å². The van der Waals surface area contributed by atoms with Crippen molar-refractivity contribution in [2.75, 3.05) is 57.5 Å². The molecule has 0 bridgehead atoms. The summed E-state index contributed by atoms with van der Waals surface area (Å²) in [5, 5.41) is 10.3. The van der Waals surface area contributed by atoms with Crippen molar-refractivity contribution < 1.29 is 14.3 Å². The predicted octanol–water partition coefficient (Wildman–Crippen LogP) is 4.74. The Morgan fingerprint density at radius 1 is 1.00 bits per heavy atom. The SMILES string of the molecule is N#Cc1ccc2c3c([nH]c2c1)C1(CCOCC1)c1cc(N2CCC(N4CCOCC4)CC2)c(Br)cc1C3=O. The molecule has 1 N–H and O–H groups in total. The average molecular weight is 576 g/mol. The first-order chi connectivity index (χ1) is 18.6. The van der Waals surface area contributed by atoms with Crippen LogP contribution in [-0.4, -0.2) is 74.3 Å². The van der Waals surface area contributed by atoms with Crippen LogP contribution < -0.4 is 4.90 Å². The van der Waals surface area contributed by atoms with Crippen LogP contribution in [0.1, 0.15) is 58.4 Å². The Morgan fingerprint density at radius 3 is 2.47 bits per heavy atom. The molecule has 0 atom stereocenters. The van der Waals surface area contributed by atoms with E-state index in [2.05, 4.69) is 48.9 Å². The number of nitrogens with zero attached hydrogens (tertiary/aromatic N) is 3. The second-order valence-corrected chi connectivity index (χ2v) is 11.8. The number of anilines is 1. The molecule has 0 amide bonds. The zero-order valence-electron chi connectivity index (χ0n) is 21.4. The maximum atomic E-state index is 14.1. The third kappa shape index (κ3) is 3.75. The van der Waals surface area contributed by atoms with E-state index in [-0.39, 0.29) is 11.2 Å². The van der Waals surface area contributed by atoms with Crippen molar-refractivity contribution in [2.24, 2.45) is 0 Å². The zero-order chi connectivity index (χ0) is 25.9. The molecule has 3 aromatic rings. The van der Waals surface area contributed by atoms with Gasteiger partial charge in [-0.25, -0.2) is 0 Å². The maximum Gasteiger partial charge on any atom is 0.195 e. The van der Waals surface area contributed by atoms with E-state index in [1.807, 2.05) is 12.1 Å². The number of fused-ring (bicyclic) bond motifs is 6. The van der Waals surface area contributed by atoms with Gasteiger partial charge in [-0.15, -0.1) is 0 Å². The Kier molecular flexibility index (Phi) is 6.08. The Bertz CT molecular complexity index is 1450. The first-order valence-corrected chi connectivity index (χ1v) is 14.5. The fourth-order valence-electron chi connectivity index (χ4n) is 7.17. The predicted molar refractivity (Wildman–Crippen MR) is 149 cm³/mol. The van der Waals surface area contributed by atoms with Gasteiger partial charge in [0.1, 0.15) is 0 Å². The number of benzene rings is 2. The topological polar surface area (TPSA) is 81.6 Å². The summed E-state index contributed by atoms with van der Waals surface area (Å²) in [4.78, 5) is 22.7. The molecule has 3 fully saturated rings. The summed E-state index contributed by atoms with van der Waals surface area (Å²) in [5.74, 6) is 0.0568. The van der Waals surface area contributed by atoms with Crippen LogP contribution >= 0.6 is 15.9 Å². The summed E-state index contributed by atoms with van der Waals surface area (Å²) in [7, 11) is 0. The number of piperidine rings is 1. The molecule has 7 rings (SSSR count). The van der Waals surface area contributed by atoms with E-state index in [0.29, 0.717) is 24.8 Å². The van der Waals surface area contributed by atoms with Crippen LogP contribution in [0.2, 0.25) is 0 Å². The number of carbonyl (C=O) groups is 1. The van der Waals surface area contributed by atoms with E-state index in [4.69, 9.17) is 9.47 Å². The van der Waals surface area contributed by atoms with Crippen molar-refractivity contribution in [1.82, 2.24) is 9.88 Å². The molecule has 3 saturated heterocycles. The number of carbonyl (C=O) groups excluding carboxylic acids is 1. The molecule has 8 heteroatoms. The van der Waals surface area contributed by atoms with Gasteiger partial charge in [-0.3, -0.25) is 9.69 Å². The van der Waals surface area contributed by atoms with Gasteiger partial charge >= 0.3 is 0 Å². The van der Waals surface area contributed by atoms with Crippen molar-refractivity contribution in [3.63, 3.8) is 0 Å².